The lowest BCUT2D eigenvalue weighted by molar-refractivity contribution is -0.262. The third-order valence-corrected chi connectivity index (χ3v) is 10.6. The molecule has 3 saturated heterocycles. The first-order valence-corrected chi connectivity index (χ1v) is 14.5. The molecule has 1 saturated carbocycles. The van der Waals surface area contributed by atoms with Crippen LogP contribution in [0.25, 0.3) is 0 Å². The molecule has 0 N–H and O–H groups in total. The number of fused-ring (bicyclic) bond motifs is 2. The molecule has 0 aromatic rings. The molecule has 0 bridgehead atoms. The van der Waals surface area contributed by atoms with E-state index in [1.165, 1.54) is 0 Å². The van der Waals surface area contributed by atoms with Crippen LogP contribution in [-0.2, 0) is 42.8 Å². The minimum atomic E-state index is -0.867. The van der Waals surface area contributed by atoms with Crippen LogP contribution in [0.1, 0.15) is 53.4 Å². The van der Waals surface area contributed by atoms with Crippen molar-refractivity contribution in [2.45, 2.75) is 76.8 Å². The smallest absolute Gasteiger partial charge is 0.344 e. The van der Waals surface area contributed by atoms with Gasteiger partial charge in [0.05, 0.1) is 32.3 Å². The van der Waals surface area contributed by atoms with Gasteiger partial charge in [-0.1, -0.05) is 20.8 Å². The van der Waals surface area contributed by atoms with Gasteiger partial charge < -0.3 is 28.4 Å². The lowest BCUT2D eigenvalue weighted by Gasteiger charge is -2.60. The quantitative estimate of drug-likeness (QED) is 0.267. The van der Waals surface area contributed by atoms with Crippen molar-refractivity contribution in [1.29, 1.82) is 0 Å². The standard InChI is InChI=1S/C29H41NO9/c1-17(2)19-13-22-29(39-22)27(3)7-5-18-20(14-36-26(18)33)21(27)15-37-28(29,4)25(19)38-24(32)16-35-23(31)6-8-30-9-11-34-12-10-30/h17,19,21-22,25H,5-16H2,1-4H3. The van der Waals surface area contributed by atoms with Gasteiger partial charge in [0.25, 0.3) is 0 Å². The van der Waals surface area contributed by atoms with Gasteiger partial charge in [0, 0.05) is 42.5 Å². The summed E-state index contributed by atoms with van der Waals surface area (Å²) < 4.78 is 35.5. The number of morpholine rings is 1. The third-order valence-electron chi connectivity index (χ3n) is 10.6. The molecule has 7 atom stereocenters. The predicted molar refractivity (Wildman–Crippen MR) is 136 cm³/mol. The van der Waals surface area contributed by atoms with E-state index in [1.807, 2.05) is 6.92 Å². The number of hydrogen-bond acceptors (Lipinski definition) is 10. The molecule has 0 amide bonds. The fraction of sp³-hybridized carbons (Fsp3) is 0.828. The number of ether oxygens (including phenoxy) is 6. The molecule has 0 aromatic carbocycles. The molecule has 4 heterocycles. The first-order valence-electron chi connectivity index (χ1n) is 14.5. The van der Waals surface area contributed by atoms with Gasteiger partial charge in [0.15, 0.2) is 6.61 Å². The molecule has 4 aliphatic heterocycles. The molecular weight excluding hydrogens is 506 g/mol. The maximum Gasteiger partial charge on any atom is 0.344 e. The fourth-order valence-electron chi connectivity index (χ4n) is 8.32. The van der Waals surface area contributed by atoms with Gasteiger partial charge in [-0.05, 0) is 37.7 Å². The number of rotatable bonds is 7. The van der Waals surface area contributed by atoms with E-state index in [2.05, 4.69) is 25.7 Å². The Morgan fingerprint density at radius 1 is 1.15 bits per heavy atom. The lowest BCUT2D eigenvalue weighted by Crippen LogP contribution is -2.72. The molecule has 6 rings (SSSR count). The van der Waals surface area contributed by atoms with Gasteiger partial charge in [-0.3, -0.25) is 9.69 Å². The molecule has 1 spiro atoms. The maximum atomic E-state index is 13.1. The SMILES string of the molecule is CC(C)C1CC2OC23C2(C)CCC4=C(COC4=O)C2COC3(C)C1OC(=O)COC(=O)CCN1CCOCC1. The monoisotopic (exact) mass is 547 g/mol. The van der Waals surface area contributed by atoms with Crippen molar-refractivity contribution in [1.82, 2.24) is 4.90 Å². The Balaban J connectivity index is 1.16. The lowest BCUT2D eigenvalue weighted by atomic mass is 9.49. The Hall–Kier alpha value is -2.01. The predicted octanol–water partition coefficient (Wildman–Crippen LogP) is 2.04. The van der Waals surface area contributed by atoms with Crippen molar-refractivity contribution in [2.75, 3.05) is 52.7 Å². The highest BCUT2D eigenvalue weighted by Gasteiger charge is 2.84. The highest BCUT2D eigenvalue weighted by Crippen LogP contribution is 2.72. The summed E-state index contributed by atoms with van der Waals surface area (Å²) in [6, 6.07) is 0. The van der Waals surface area contributed by atoms with E-state index < -0.39 is 35.9 Å². The maximum absolute atomic E-state index is 13.1. The molecule has 7 unspecified atom stereocenters. The van der Waals surface area contributed by atoms with Crippen molar-refractivity contribution in [2.24, 2.45) is 23.2 Å². The molecular formula is C29H41NO9. The zero-order chi connectivity index (χ0) is 27.6. The van der Waals surface area contributed by atoms with Gasteiger partial charge in [0.2, 0.25) is 0 Å². The fourth-order valence-corrected chi connectivity index (χ4v) is 8.32. The van der Waals surface area contributed by atoms with Crippen molar-refractivity contribution in [3.05, 3.63) is 11.1 Å². The van der Waals surface area contributed by atoms with E-state index in [0.29, 0.717) is 39.4 Å². The van der Waals surface area contributed by atoms with Gasteiger partial charge in [-0.2, -0.15) is 0 Å². The molecule has 0 radical (unpaired) electrons. The number of carbonyl (C=O) groups is 3. The summed E-state index contributed by atoms with van der Waals surface area (Å²) in [7, 11) is 0. The summed E-state index contributed by atoms with van der Waals surface area (Å²) in [4.78, 5) is 39.9. The largest absolute Gasteiger partial charge is 0.458 e. The second kappa shape index (κ2) is 9.82. The topological polar surface area (TPSA) is 113 Å². The van der Waals surface area contributed by atoms with E-state index in [4.69, 9.17) is 28.4 Å². The highest BCUT2D eigenvalue weighted by molar-refractivity contribution is 5.92. The summed E-state index contributed by atoms with van der Waals surface area (Å²) in [5.74, 6) is -0.911. The van der Waals surface area contributed by atoms with E-state index in [0.717, 1.165) is 37.1 Å². The second-order valence-corrected chi connectivity index (χ2v) is 12.7. The van der Waals surface area contributed by atoms with Gasteiger partial charge in [0.1, 0.15) is 23.9 Å². The number of hydrogen-bond donors (Lipinski definition) is 0. The van der Waals surface area contributed by atoms with Crippen LogP contribution in [0.3, 0.4) is 0 Å². The van der Waals surface area contributed by atoms with Crippen LogP contribution < -0.4 is 0 Å². The van der Waals surface area contributed by atoms with E-state index >= 15 is 0 Å². The third kappa shape index (κ3) is 4.16. The molecule has 2 aliphatic carbocycles. The minimum absolute atomic E-state index is 0.00385. The normalized spacial score (nSPS) is 41.2. The molecule has 6 aliphatic rings. The highest BCUT2D eigenvalue weighted by atomic mass is 16.7. The number of nitrogens with zero attached hydrogens (tertiary/aromatic N) is 1. The van der Waals surface area contributed by atoms with Crippen molar-refractivity contribution in [3.8, 4) is 0 Å². The number of cyclic esters (lactones) is 1. The minimum Gasteiger partial charge on any atom is -0.458 e. The first kappa shape index (κ1) is 27.2. The van der Waals surface area contributed by atoms with Crippen molar-refractivity contribution in [3.63, 3.8) is 0 Å². The average molecular weight is 548 g/mol. The first-order chi connectivity index (χ1) is 18.6. The van der Waals surface area contributed by atoms with Gasteiger partial charge in [-0.25, -0.2) is 9.59 Å². The summed E-state index contributed by atoms with van der Waals surface area (Å²) in [5.41, 5.74) is 0.0672. The summed E-state index contributed by atoms with van der Waals surface area (Å²) in [6.07, 6.45) is 1.87. The Morgan fingerprint density at radius 3 is 2.67 bits per heavy atom. The summed E-state index contributed by atoms with van der Waals surface area (Å²) >= 11 is 0. The Kier molecular flexibility index (Phi) is 6.84. The van der Waals surface area contributed by atoms with Gasteiger partial charge >= 0.3 is 17.9 Å². The van der Waals surface area contributed by atoms with Crippen LogP contribution in [0.15, 0.2) is 11.1 Å². The van der Waals surface area contributed by atoms with Crippen molar-refractivity contribution >= 4 is 17.9 Å². The van der Waals surface area contributed by atoms with Crippen LogP contribution in [0.5, 0.6) is 0 Å². The molecule has 4 fully saturated rings. The number of carbonyl (C=O) groups excluding carboxylic acids is 3. The summed E-state index contributed by atoms with van der Waals surface area (Å²) in [6.45, 7) is 12.3. The molecule has 39 heavy (non-hydrogen) atoms. The van der Waals surface area contributed by atoms with Crippen molar-refractivity contribution < 1.29 is 42.8 Å². The van der Waals surface area contributed by atoms with Crippen LogP contribution in [0.2, 0.25) is 0 Å². The van der Waals surface area contributed by atoms with E-state index in [9.17, 15) is 14.4 Å². The zero-order valence-electron chi connectivity index (χ0n) is 23.5. The van der Waals surface area contributed by atoms with Crippen LogP contribution >= 0.6 is 0 Å². The Morgan fingerprint density at radius 2 is 1.92 bits per heavy atom. The molecule has 0 aromatic heterocycles. The average Bonchev–Trinajstić information content (AvgIpc) is 3.56. The number of epoxide rings is 1. The summed E-state index contributed by atoms with van der Waals surface area (Å²) in [5, 5.41) is 0. The molecule has 10 heteroatoms. The Bertz CT molecular complexity index is 1070. The van der Waals surface area contributed by atoms with Crippen LogP contribution in [0.4, 0.5) is 0 Å². The number of esters is 3. The van der Waals surface area contributed by atoms with Crippen LogP contribution in [-0.4, -0.2) is 98.9 Å². The van der Waals surface area contributed by atoms with Crippen LogP contribution in [0, 0.1) is 23.2 Å². The molecule has 10 nitrogen and oxygen atoms in total. The van der Waals surface area contributed by atoms with Gasteiger partial charge in [-0.15, -0.1) is 0 Å². The Labute approximate surface area is 229 Å². The second-order valence-electron chi connectivity index (χ2n) is 12.7. The van der Waals surface area contributed by atoms with E-state index in [-0.39, 0.29) is 41.7 Å². The zero-order valence-corrected chi connectivity index (χ0v) is 23.5. The molecule has 216 valence electrons. The van der Waals surface area contributed by atoms with E-state index in [1.54, 1.807) is 0 Å².